The highest BCUT2D eigenvalue weighted by molar-refractivity contribution is 5.86. The van der Waals surface area contributed by atoms with Gasteiger partial charge >= 0.3 is 12.2 Å². The molecule has 3 amide bonds. The van der Waals surface area contributed by atoms with Gasteiger partial charge in [0.1, 0.15) is 6.04 Å². The molecule has 0 aromatic heterocycles. The average Bonchev–Trinajstić information content (AvgIpc) is 2.59. The Morgan fingerprint density at radius 1 is 0.960 bits per heavy atom. The Hall–Kier alpha value is -2.77. The predicted octanol–water partition coefficient (Wildman–Crippen LogP) is 1.72. The number of rotatable bonds is 8. The van der Waals surface area contributed by atoms with Crippen LogP contribution in [0.4, 0.5) is 9.59 Å². The zero-order chi connectivity index (χ0) is 18.7. The summed E-state index contributed by atoms with van der Waals surface area (Å²) in [5.74, 6) is -0.443. The van der Waals surface area contributed by atoms with E-state index in [1.165, 1.54) is 0 Å². The van der Waals surface area contributed by atoms with Crippen LogP contribution in [0.2, 0.25) is 0 Å². The maximum Gasteiger partial charge on any atom is 0.407 e. The summed E-state index contributed by atoms with van der Waals surface area (Å²) < 4.78 is 9.54. The second-order valence-electron chi connectivity index (χ2n) is 5.16. The van der Waals surface area contributed by atoms with Crippen molar-refractivity contribution >= 4 is 18.1 Å². The smallest absolute Gasteiger partial charge is 0.407 e. The minimum absolute atomic E-state index is 0.120. The molecule has 0 unspecified atom stereocenters. The third kappa shape index (κ3) is 7.56. The van der Waals surface area contributed by atoms with Crippen molar-refractivity contribution in [2.45, 2.75) is 32.9 Å². The van der Waals surface area contributed by atoms with Crippen molar-refractivity contribution in [2.75, 3.05) is 19.8 Å². The average molecular weight is 351 g/mol. The molecule has 0 saturated heterocycles. The van der Waals surface area contributed by atoms with E-state index >= 15 is 0 Å². The van der Waals surface area contributed by atoms with Crippen LogP contribution in [-0.4, -0.2) is 43.9 Å². The van der Waals surface area contributed by atoms with Crippen LogP contribution in [0.3, 0.4) is 0 Å². The van der Waals surface area contributed by atoms with Gasteiger partial charge in [-0.1, -0.05) is 30.3 Å². The maximum atomic E-state index is 12.5. The van der Waals surface area contributed by atoms with Crippen molar-refractivity contribution in [3.05, 3.63) is 35.9 Å². The fourth-order valence-corrected chi connectivity index (χ4v) is 2.03. The van der Waals surface area contributed by atoms with Crippen LogP contribution >= 0.6 is 0 Å². The van der Waals surface area contributed by atoms with Gasteiger partial charge in [0.05, 0.1) is 25.8 Å². The Morgan fingerprint density at radius 3 is 2.16 bits per heavy atom. The van der Waals surface area contributed by atoms with Gasteiger partial charge < -0.3 is 25.4 Å². The molecule has 0 radical (unpaired) electrons. The number of alkyl carbamates (subject to hydrolysis) is 2. The van der Waals surface area contributed by atoms with E-state index in [2.05, 4.69) is 16.0 Å². The number of carbonyl (C=O) groups excluding carboxylic acids is 3. The summed E-state index contributed by atoms with van der Waals surface area (Å²) in [7, 11) is 0. The lowest BCUT2D eigenvalue weighted by Crippen LogP contribution is -2.53. The van der Waals surface area contributed by atoms with Gasteiger partial charge in [-0.05, 0) is 26.3 Å². The number of nitrogens with one attached hydrogen (secondary N) is 3. The minimum atomic E-state index is -0.991. The van der Waals surface area contributed by atoms with Gasteiger partial charge in [0.25, 0.3) is 0 Å². The Kier molecular flexibility index (Phi) is 8.84. The van der Waals surface area contributed by atoms with E-state index in [4.69, 9.17) is 9.47 Å². The number of hydrogen-bond donors (Lipinski definition) is 3. The SMILES string of the molecule is CCOC(=O)NC[C@@H](NC(=O)OCC)C(=O)N[C@@H](C)c1ccccc1. The molecule has 0 aliphatic rings. The third-order valence-electron chi connectivity index (χ3n) is 3.27. The van der Waals surface area contributed by atoms with Gasteiger partial charge in [0, 0.05) is 0 Å². The first-order chi connectivity index (χ1) is 12.0. The van der Waals surface area contributed by atoms with Gasteiger partial charge in [0.15, 0.2) is 0 Å². The van der Waals surface area contributed by atoms with Crippen LogP contribution < -0.4 is 16.0 Å². The molecule has 0 aliphatic carbocycles. The quantitative estimate of drug-likeness (QED) is 0.661. The van der Waals surface area contributed by atoms with Crippen molar-refractivity contribution < 1.29 is 23.9 Å². The molecule has 25 heavy (non-hydrogen) atoms. The van der Waals surface area contributed by atoms with Gasteiger partial charge in [-0.2, -0.15) is 0 Å². The molecular formula is C17H25N3O5. The Morgan fingerprint density at radius 2 is 1.56 bits per heavy atom. The van der Waals surface area contributed by atoms with Gasteiger partial charge in [-0.3, -0.25) is 4.79 Å². The topological polar surface area (TPSA) is 106 Å². The van der Waals surface area contributed by atoms with E-state index in [9.17, 15) is 14.4 Å². The monoisotopic (exact) mass is 351 g/mol. The summed E-state index contributed by atoms with van der Waals surface area (Å²) in [5, 5.41) is 7.66. The highest BCUT2D eigenvalue weighted by atomic mass is 16.6. The standard InChI is InChI=1S/C17H25N3O5/c1-4-24-16(22)18-11-14(20-17(23)25-5-2)15(21)19-12(3)13-9-7-6-8-10-13/h6-10,12,14H,4-5,11H2,1-3H3,(H,18,22)(H,19,21)(H,20,23)/t12-,14+/m0/s1. The lowest BCUT2D eigenvalue weighted by molar-refractivity contribution is -0.123. The minimum Gasteiger partial charge on any atom is -0.450 e. The van der Waals surface area contributed by atoms with E-state index in [-0.39, 0.29) is 25.8 Å². The van der Waals surface area contributed by atoms with Crippen LogP contribution in [0.15, 0.2) is 30.3 Å². The van der Waals surface area contributed by atoms with Crippen LogP contribution in [0, 0.1) is 0 Å². The molecule has 0 bridgehead atoms. The molecule has 0 aliphatic heterocycles. The highest BCUT2D eigenvalue weighted by Crippen LogP contribution is 2.11. The van der Waals surface area contributed by atoms with Gasteiger partial charge in [-0.25, -0.2) is 9.59 Å². The van der Waals surface area contributed by atoms with Crippen LogP contribution in [0.5, 0.6) is 0 Å². The van der Waals surface area contributed by atoms with Crippen LogP contribution in [0.25, 0.3) is 0 Å². The van der Waals surface area contributed by atoms with E-state index in [1.807, 2.05) is 37.3 Å². The van der Waals surface area contributed by atoms with Gasteiger partial charge in [-0.15, -0.1) is 0 Å². The number of benzene rings is 1. The van der Waals surface area contributed by atoms with Crippen molar-refractivity contribution in [3.8, 4) is 0 Å². The molecule has 0 fully saturated rings. The largest absolute Gasteiger partial charge is 0.450 e. The van der Waals surface area contributed by atoms with Crippen molar-refractivity contribution in [1.29, 1.82) is 0 Å². The summed E-state index contributed by atoms with van der Waals surface area (Å²) in [6, 6.07) is 8.14. The predicted molar refractivity (Wildman–Crippen MR) is 92.0 cm³/mol. The molecular weight excluding hydrogens is 326 g/mol. The van der Waals surface area contributed by atoms with Gasteiger partial charge in [0.2, 0.25) is 5.91 Å². The van der Waals surface area contributed by atoms with Crippen molar-refractivity contribution in [1.82, 2.24) is 16.0 Å². The summed E-state index contributed by atoms with van der Waals surface area (Å²) >= 11 is 0. The number of carbonyl (C=O) groups is 3. The molecule has 138 valence electrons. The maximum absolute atomic E-state index is 12.5. The van der Waals surface area contributed by atoms with E-state index in [0.717, 1.165) is 5.56 Å². The molecule has 1 aromatic rings. The first-order valence-corrected chi connectivity index (χ1v) is 8.17. The second kappa shape index (κ2) is 10.9. The second-order valence-corrected chi connectivity index (χ2v) is 5.16. The van der Waals surface area contributed by atoms with Crippen LogP contribution in [-0.2, 0) is 14.3 Å². The fraction of sp³-hybridized carbons (Fsp3) is 0.471. The first kappa shape index (κ1) is 20.3. The molecule has 8 heteroatoms. The van der Waals surface area contributed by atoms with Crippen molar-refractivity contribution in [2.24, 2.45) is 0 Å². The molecule has 1 rings (SSSR count). The molecule has 2 atom stereocenters. The molecule has 0 spiro atoms. The van der Waals surface area contributed by atoms with E-state index < -0.39 is 24.1 Å². The number of amides is 3. The summed E-state index contributed by atoms with van der Waals surface area (Å²) in [6.07, 6.45) is -1.40. The molecule has 0 saturated carbocycles. The molecule has 0 heterocycles. The zero-order valence-electron chi connectivity index (χ0n) is 14.7. The Balaban J connectivity index is 2.69. The zero-order valence-corrected chi connectivity index (χ0v) is 14.7. The number of ether oxygens (including phenoxy) is 2. The summed E-state index contributed by atoms with van der Waals surface area (Å²) in [4.78, 5) is 35.5. The Labute approximate surface area is 147 Å². The highest BCUT2D eigenvalue weighted by Gasteiger charge is 2.24. The van der Waals surface area contributed by atoms with E-state index in [1.54, 1.807) is 13.8 Å². The normalized spacial score (nSPS) is 12.4. The van der Waals surface area contributed by atoms with Crippen LogP contribution in [0.1, 0.15) is 32.4 Å². The molecule has 3 N–H and O–H groups in total. The lowest BCUT2D eigenvalue weighted by atomic mass is 10.1. The first-order valence-electron chi connectivity index (χ1n) is 8.17. The molecule has 1 aromatic carbocycles. The fourth-order valence-electron chi connectivity index (χ4n) is 2.03. The summed E-state index contributed by atoms with van der Waals surface area (Å²) in [6.45, 7) is 5.41. The summed E-state index contributed by atoms with van der Waals surface area (Å²) in [5.41, 5.74) is 0.920. The molecule has 8 nitrogen and oxygen atoms in total. The Bertz CT molecular complexity index is 565. The van der Waals surface area contributed by atoms with E-state index in [0.29, 0.717) is 0 Å². The number of hydrogen-bond acceptors (Lipinski definition) is 5. The lowest BCUT2D eigenvalue weighted by Gasteiger charge is -2.21. The third-order valence-corrected chi connectivity index (χ3v) is 3.27. The van der Waals surface area contributed by atoms with Crippen molar-refractivity contribution in [3.63, 3.8) is 0 Å².